The second-order valence-corrected chi connectivity index (χ2v) is 4.60. The van der Waals surface area contributed by atoms with Crippen molar-refractivity contribution >= 4 is 5.69 Å². The van der Waals surface area contributed by atoms with Gasteiger partial charge in [0, 0.05) is 26.0 Å². The van der Waals surface area contributed by atoms with E-state index in [4.69, 9.17) is 9.47 Å². The van der Waals surface area contributed by atoms with E-state index in [1.165, 1.54) is 0 Å². The van der Waals surface area contributed by atoms with E-state index >= 15 is 0 Å². The van der Waals surface area contributed by atoms with Gasteiger partial charge in [-0.05, 0) is 17.7 Å². The molecule has 0 saturated heterocycles. The largest absolute Gasteiger partial charge is 0.382 e. The summed E-state index contributed by atoms with van der Waals surface area (Å²) in [5.41, 5.74) is 3.38. The monoisotopic (exact) mass is 275 g/mol. The standard InChI is InChI=1S/C15H21N3O2/c1-18-12-16-9-15(18)10-17-14-5-3-4-13(8-14)11-20-7-6-19-2/h3-5,8-9,12,17H,6-7,10-11H2,1-2H3. The van der Waals surface area contributed by atoms with Crippen LogP contribution in [0.4, 0.5) is 5.69 Å². The first-order chi connectivity index (χ1) is 9.79. The third-order valence-corrected chi connectivity index (χ3v) is 3.02. The van der Waals surface area contributed by atoms with E-state index in [1.54, 1.807) is 13.4 Å². The summed E-state index contributed by atoms with van der Waals surface area (Å²) in [5, 5.41) is 3.39. The van der Waals surface area contributed by atoms with Crippen LogP contribution >= 0.6 is 0 Å². The maximum Gasteiger partial charge on any atom is 0.0946 e. The summed E-state index contributed by atoms with van der Waals surface area (Å²) in [6.07, 6.45) is 3.67. The van der Waals surface area contributed by atoms with Gasteiger partial charge in [0.05, 0.1) is 38.4 Å². The molecule has 5 nitrogen and oxygen atoms in total. The molecule has 0 radical (unpaired) electrons. The molecule has 0 atom stereocenters. The summed E-state index contributed by atoms with van der Waals surface area (Å²) in [6, 6.07) is 8.24. The van der Waals surface area contributed by atoms with Crippen molar-refractivity contribution in [2.24, 2.45) is 7.05 Å². The van der Waals surface area contributed by atoms with Crippen LogP contribution in [0, 0.1) is 0 Å². The first-order valence-electron chi connectivity index (χ1n) is 6.64. The van der Waals surface area contributed by atoms with Gasteiger partial charge in [-0.2, -0.15) is 0 Å². The number of nitrogens with zero attached hydrogens (tertiary/aromatic N) is 2. The van der Waals surface area contributed by atoms with Crippen molar-refractivity contribution in [2.45, 2.75) is 13.2 Å². The number of ether oxygens (including phenoxy) is 2. The molecule has 1 N–H and O–H groups in total. The Hall–Kier alpha value is -1.85. The minimum atomic E-state index is 0.602. The molecule has 1 aromatic carbocycles. The summed E-state index contributed by atoms with van der Waals surface area (Å²) in [4.78, 5) is 4.10. The van der Waals surface area contributed by atoms with Crippen molar-refractivity contribution in [1.82, 2.24) is 9.55 Å². The number of benzene rings is 1. The van der Waals surface area contributed by atoms with Gasteiger partial charge in [-0.1, -0.05) is 12.1 Å². The molecule has 108 valence electrons. The van der Waals surface area contributed by atoms with E-state index in [9.17, 15) is 0 Å². The molecular weight excluding hydrogens is 254 g/mol. The van der Waals surface area contributed by atoms with Gasteiger partial charge < -0.3 is 19.4 Å². The van der Waals surface area contributed by atoms with Gasteiger partial charge in [0.25, 0.3) is 0 Å². The van der Waals surface area contributed by atoms with Crippen LogP contribution in [0.3, 0.4) is 0 Å². The van der Waals surface area contributed by atoms with Crippen LogP contribution in [0.1, 0.15) is 11.3 Å². The molecule has 1 heterocycles. The second kappa shape index (κ2) is 7.67. The Morgan fingerprint density at radius 3 is 2.95 bits per heavy atom. The number of nitrogens with one attached hydrogen (secondary N) is 1. The number of rotatable bonds is 8. The number of anilines is 1. The third-order valence-electron chi connectivity index (χ3n) is 3.02. The molecule has 1 aromatic heterocycles. The Labute approximate surface area is 119 Å². The zero-order chi connectivity index (χ0) is 14.2. The number of aryl methyl sites for hydroxylation is 1. The summed E-state index contributed by atoms with van der Waals surface area (Å²) in [7, 11) is 3.66. The average molecular weight is 275 g/mol. The van der Waals surface area contributed by atoms with Gasteiger partial charge in [-0.25, -0.2) is 4.98 Å². The van der Waals surface area contributed by atoms with E-state index in [1.807, 2.05) is 23.9 Å². The highest BCUT2D eigenvalue weighted by Crippen LogP contribution is 2.13. The molecule has 0 aliphatic heterocycles. The molecule has 5 heteroatoms. The van der Waals surface area contributed by atoms with Crippen molar-refractivity contribution in [3.63, 3.8) is 0 Å². The highest BCUT2D eigenvalue weighted by atomic mass is 16.5. The lowest BCUT2D eigenvalue weighted by atomic mass is 10.2. The van der Waals surface area contributed by atoms with Crippen molar-refractivity contribution in [3.8, 4) is 0 Å². The van der Waals surface area contributed by atoms with Crippen LogP contribution in [-0.4, -0.2) is 29.9 Å². The van der Waals surface area contributed by atoms with Gasteiger partial charge in [-0.15, -0.1) is 0 Å². The normalized spacial score (nSPS) is 10.7. The SMILES string of the molecule is COCCOCc1cccc(NCc2cncn2C)c1. The van der Waals surface area contributed by atoms with E-state index in [2.05, 4.69) is 28.5 Å². The molecular formula is C15H21N3O2. The number of imidazole rings is 1. The minimum Gasteiger partial charge on any atom is -0.382 e. The Bertz CT molecular complexity index is 525. The average Bonchev–Trinajstić information content (AvgIpc) is 2.87. The van der Waals surface area contributed by atoms with E-state index < -0.39 is 0 Å². The summed E-state index contributed by atoms with van der Waals surface area (Å²) >= 11 is 0. The topological polar surface area (TPSA) is 48.3 Å². The van der Waals surface area contributed by atoms with E-state index in [-0.39, 0.29) is 0 Å². The predicted octanol–water partition coefficient (Wildman–Crippen LogP) is 2.20. The van der Waals surface area contributed by atoms with E-state index in [0.717, 1.165) is 23.5 Å². The van der Waals surface area contributed by atoms with Crippen molar-refractivity contribution in [2.75, 3.05) is 25.6 Å². The molecule has 0 saturated carbocycles. The molecule has 2 rings (SSSR count). The van der Waals surface area contributed by atoms with Crippen molar-refractivity contribution in [3.05, 3.63) is 48.0 Å². The summed E-state index contributed by atoms with van der Waals surface area (Å²) in [6.45, 7) is 2.59. The molecule has 0 aliphatic carbocycles. The highest BCUT2D eigenvalue weighted by Gasteiger charge is 2.00. The molecule has 0 amide bonds. The van der Waals surface area contributed by atoms with Crippen LogP contribution in [0.15, 0.2) is 36.8 Å². The first-order valence-corrected chi connectivity index (χ1v) is 6.64. The Morgan fingerprint density at radius 2 is 2.20 bits per heavy atom. The third kappa shape index (κ3) is 4.36. The van der Waals surface area contributed by atoms with Crippen LogP contribution in [-0.2, 0) is 29.7 Å². The van der Waals surface area contributed by atoms with Gasteiger partial charge in [-0.3, -0.25) is 0 Å². The van der Waals surface area contributed by atoms with Crippen molar-refractivity contribution < 1.29 is 9.47 Å². The molecule has 20 heavy (non-hydrogen) atoms. The molecule has 0 bridgehead atoms. The van der Waals surface area contributed by atoms with E-state index in [0.29, 0.717) is 19.8 Å². The van der Waals surface area contributed by atoms with Crippen molar-refractivity contribution in [1.29, 1.82) is 0 Å². The maximum atomic E-state index is 5.52. The smallest absolute Gasteiger partial charge is 0.0946 e. The highest BCUT2D eigenvalue weighted by molar-refractivity contribution is 5.45. The van der Waals surface area contributed by atoms with Gasteiger partial charge in [0.1, 0.15) is 0 Å². The zero-order valence-corrected chi connectivity index (χ0v) is 12.0. The van der Waals surface area contributed by atoms with Crippen LogP contribution in [0.2, 0.25) is 0 Å². The quantitative estimate of drug-likeness (QED) is 0.750. The van der Waals surface area contributed by atoms with Crippen LogP contribution in [0.25, 0.3) is 0 Å². The lowest BCUT2D eigenvalue weighted by molar-refractivity contribution is 0.0617. The molecule has 0 fully saturated rings. The van der Waals surface area contributed by atoms with Gasteiger partial charge in [0.15, 0.2) is 0 Å². The summed E-state index contributed by atoms with van der Waals surface area (Å²) in [5.74, 6) is 0. The number of methoxy groups -OCH3 is 1. The molecule has 0 spiro atoms. The summed E-state index contributed by atoms with van der Waals surface area (Å²) < 4.78 is 12.5. The fourth-order valence-electron chi connectivity index (χ4n) is 1.85. The zero-order valence-electron chi connectivity index (χ0n) is 12.0. The molecule has 0 unspecified atom stereocenters. The van der Waals surface area contributed by atoms with Gasteiger partial charge in [0.2, 0.25) is 0 Å². The number of hydrogen-bond acceptors (Lipinski definition) is 4. The lowest BCUT2D eigenvalue weighted by Crippen LogP contribution is -2.05. The fourth-order valence-corrected chi connectivity index (χ4v) is 1.85. The molecule has 2 aromatic rings. The number of aromatic nitrogens is 2. The first kappa shape index (κ1) is 14.6. The van der Waals surface area contributed by atoms with Crippen LogP contribution in [0.5, 0.6) is 0 Å². The maximum absolute atomic E-state index is 5.52. The Kier molecular flexibility index (Phi) is 5.58. The van der Waals surface area contributed by atoms with Gasteiger partial charge >= 0.3 is 0 Å². The van der Waals surface area contributed by atoms with Crippen LogP contribution < -0.4 is 5.32 Å². The predicted molar refractivity (Wildman–Crippen MR) is 78.5 cm³/mol. The second-order valence-electron chi connectivity index (χ2n) is 4.60. The Morgan fingerprint density at radius 1 is 1.30 bits per heavy atom. The Balaban J connectivity index is 1.84. The fraction of sp³-hybridized carbons (Fsp3) is 0.400. The minimum absolute atomic E-state index is 0.602. The molecule has 0 aliphatic rings. The lowest BCUT2D eigenvalue weighted by Gasteiger charge is -2.09. The number of hydrogen-bond donors (Lipinski definition) is 1.